The number of nitrogens with two attached hydrogens (primary N) is 1. The van der Waals surface area contributed by atoms with Gasteiger partial charge in [0.2, 0.25) is 0 Å². The lowest BCUT2D eigenvalue weighted by molar-refractivity contribution is -0.0352. The largest absolute Gasteiger partial charge is 0.506 e. The second-order valence-corrected chi connectivity index (χ2v) is 4.79. The molecule has 0 spiro atoms. The number of imidazole rings is 1. The molecular weight excluding hydrogens is 294 g/mol. The lowest BCUT2D eigenvalue weighted by Crippen LogP contribution is -2.32. The van der Waals surface area contributed by atoms with Crippen molar-refractivity contribution in [2.45, 2.75) is 24.5 Å². The van der Waals surface area contributed by atoms with Crippen molar-refractivity contribution in [3.05, 3.63) is 24.7 Å². The smallest absolute Gasteiger partial charge is 0.167 e. The van der Waals surface area contributed by atoms with Crippen LogP contribution in [0, 0.1) is 0 Å². The van der Waals surface area contributed by atoms with Gasteiger partial charge in [0.05, 0.1) is 13.4 Å². The minimum atomic E-state index is -1.34. The van der Waals surface area contributed by atoms with Crippen molar-refractivity contribution in [3.8, 4) is 0 Å². The van der Waals surface area contributed by atoms with Crippen LogP contribution in [0.25, 0.3) is 11.2 Å². The average Bonchev–Trinajstić information content (AvgIpc) is 3.03. The molecule has 3 heterocycles. The summed E-state index contributed by atoms with van der Waals surface area (Å²) < 4.78 is 11.6. The van der Waals surface area contributed by atoms with Crippen LogP contribution in [0.1, 0.15) is 6.23 Å². The van der Waals surface area contributed by atoms with Gasteiger partial charge in [-0.1, -0.05) is 0 Å². The number of aromatic nitrogens is 4. The van der Waals surface area contributed by atoms with Crippen molar-refractivity contribution in [3.63, 3.8) is 0 Å². The quantitative estimate of drug-likeness (QED) is 0.527. The van der Waals surface area contributed by atoms with Crippen LogP contribution in [0.15, 0.2) is 24.7 Å². The molecule has 5 N–H and O–H groups in total. The van der Waals surface area contributed by atoms with Gasteiger partial charge in [-0.05, 0) is 0 Å². The molecule has 2 aromatic heterocycles. The van der Waals surface area contributed by atoms with E-state index in [2.05, 4.69) is 19.7 Å². The third-order valence-electron chi connectivity index (χ3n) is 3.43. The van der Waals surface area contributed by atoms with Crippen LogP contribution < -0.4 is 5.73 Å². The minimum absolute atomic E-state index is 0.190. The summed E-state index contributed by atoms with van der Waals surface area (Å²) in [6.07, 6.45) is -1.11. The Morgan fingerprint density at radius 3 is 2.86 bits per heavy atom. The molecule has 1 aliphatic rings. The van der Waals surface area contributed by atoms with Gasteiger partial charge in [0, 0.05) is 0 Å². The van der Waals surface area contributed by atoms with E-state index >= 15 is 0 Å². The Balaban J connectivity index is 1.98. The fourth-order valence-corrected chi connectivity index (χ4v) is 2.38. The first-order valence-electron chi connectivity index (χ1n) is 6.41. The van der Waals surface area contributed by atoms with E-state index in [1.54, 1.807) is 0 Å². The summed E-state index contributed by atoms with van der Waals surface area (Å²) in [5, 5.41) is 30.0. The molecule has 0 aliphatic carbocycles. The maximum absolute atomic E-state index is 10.2. The van der Waals surface area contributed by atoms with Crippen molar-refractivity contribution >= 4 is 17.0 Å². The molecule has 1 fully saturated rings. The highest BCUT2D eigenvalue weighted by Crippen LogP contribution is 2.34. The van der Waals surface area contributed by atoms with Crippen molar-refractivity contribution in [2.24, 2.45) is 0 Å². The summed E-state index contributed by atoms with van der Waals surface area (Å²) >= 11 is 0. The zero-order valence-corrected chi connectivity index (χ0v) is 11.6. The van der Waals surface area contributed by atoms with Crippen molar-refractivity contribution in [2.75, 3.05) is 12.8 Å². The number of ether oxygens (including phenoxy) is 2. The number of rotatable bonds is 3. The normalized spacial score (nSPS) is 29.1. The lowest BCUT2D eigenvalue weighted by atomic mass is 10.1. The molecule has 3 rings (SSSR count). The Hall–Kier alpha value is -2.43. The molecule has 0 amide bonds. The standard InChI is InChI=1S/C12H15N5O5/c1-21-2-5(18)9-7(19)8(20)12(22-9)17-4-16-6-10(13)14-3-15-11(6)17/h2-4,7-9,12,18-20H,1H3,(H2,13,14,15)/t7-,8+,9+,12+/m0/s1. The van der Waals surface area contributed by atoms with Gasteiger partial charge in [-0.3, -0.25) is 4.57 Å². The molecule has 1 saturated heterocycles. The Labute approximate surface area is 124 Å². The lowest BCUT2D eigenvalue weighted by Gasteiger charge is -2.16. The molecule has 4 atom stereocenters. The third-order valence-corrected chi connectivity index (χ3v) is 3.43. The molecule has 1 aliphatic heterocycles. The molecule has 0 radical (unpaired) electrons. The number of nitrogens with zero attached hydrogens (tertiary/aromatic N) is 4. The van der Waals surface area contributed by atoms with Gasteiger partial charge < -0.3 is 30.5 Å². The molecule has 0 bridgehead atoms. The van der Waals surface area contributed by atoms with Crippen LogP contribution in [-0.2, 0) is 9.47 Å². The number of hydrogen-bond donors (Lipinski definition) is 4. The minimum Gasteiger partial charge on any atom is -0.506 e. The highest BCUT2D eigenvalue weighted by Gasteiger charge is 2.46. The Kier molecular flexibility index (Phi) is 3.56. The molecule has 10 nitrogen and oxygen atoms in total. The summed E-state index contributed by atoms with van der Waals surface area (Å²) in [7, 11) is 1.34. The van der Waals surface area contributed by atoms with E-state index in [4.69, 9.17) is 10.5 Å². The Morgan fingerprint density at radius 1 is 1.36 bits per heavy atom. The summed E-state index contributed by atoms with van der Waals surface area (Å²) in [5.41, 5.74) is 6.40. The fourth-order valence-electron chi connectivity index (χ4n) is 2.38. The van der Waals surface area contributed by atoms with Gasteiger partial charge in [-0.2, -0.15) is 0 Å². The van der Waals surface area contributed by atoms with Crippen molar-refractivity contribution in [1.29, 1.82) is 0 Å². The van der Waals surface area contributed by atoms with E-state index in [-0.39, 0.29) is 11.6 Å². The molecule has 118 valence electrons. The molecule has 22 heavy (non-hydrogen) atoms. The van der Waals surface area contributed by atoms with Crippen LogP contribution >= 0.6 is 0 Å². The SMILES string of the molecule is COC=C(O)[C@H]1O[C@@H](n2cnc3c(N)ncnc32)[C@H](O)[C@@H]1O. The monoisotopic (exact) mass is 309 g/mol. The van der Waals surface area contributed by atoms with E-state index in [0.29, 0.717) is 11.2 Å². The van der Waals surface area contributed by atoms with Gasteiger partial charge in [0.1, 0.15) is 36.4 Å². The number of aliphatic hydroxyl groups is 3. The second-order valence-electron chi connectivity index (χ2n) is 4.79. The van der Waals surface area contributed by atoms with E-state index < -0.39 is 24.5 Å². The number of anilines is 1. The summed E-state index contributed by atoms with van der Waals surface area (Å²) in [6, 6.07) is 0. The fraction of sp³-hybridized carbons (Fsp3) is 0.417. The molecule has 0 unspecified atom stereocenters. The van der Waals surface area contributed by atoms with Crippen molar-refractivity contribution in [1.82, 2.24) is 19.5 Å². The van der Waals surface area contributed by atoms with Crippen LogP contribution in [0.4, 0.5) is 5.82 Å². The maximum atomic E-state index is 10.2. The van der Waals surface area contributed by atoms with E-state index in [9.17, 15) is 15.3 Å². The predicted octanol–water partition coefficient (Wildman–Crippen LogP) is -0.926. The second kappa shape index (κ2) is 5.40. The average molecular weight is 309 g/mol. The number of fused-ring (bicyclic) bond motifs is 1. The van der Waals surface area contributed by atoms with Crippen LogP contribution in [0.3, 0.4) is 0 Å². The summed E-state index contributed by atoms with van der Waals surface area (Å²) in [6.45, 7) is 0. The van der Waals surface area contributed by atoms with Crippen molar-refractivity contribution < 1.29 is 24.8 Å². The molecular formula is C12H15N5O5. The zero-order valence-electron chi connectivity index (χ0n) is 11.6. The van der Waals surface area contributed by atoms with Crippen LogP contribution in [-0.4, -0.2) is 60.3 Å². The van der Waals surface area contributed by atoms with Crippen LogP contribution in [0.2, 0.25) is 0 Å². The first-order valence-corrected chi connectivity index (χ1v) is 6.41. The molecule has 2 aromatic rings. The van der Waals surface area contributed by atoms with Gasteiger partial charge in [0.25, 0.3) is 0 Å². The molecule has 10 heteroatoms. The highest BCUT2D eigenvalue weighted by molar-refractivity contribution is 5.81. The van der Waals surface area contributed by atoms with E-state index in [1.807, 2.05) is 0 Å². The Bertz CT molecular complexity index is 717. The first kappa shape index (κ1) is 14.5. The topological polar surface area (TPSA) is 149 Å². The zero-order chi connectivity index (χ0) is 15.9. The number of aliphatic hydroxyl groups excluding tert-OH is 3. The van der Waals surface area contributed by atoms with Gasteiger partial charge in [-0.15, -0.1) is 0 Å². The Morgan fingerprint density at radius 2 is 2.14 bits per heavy atom. The van der Waals surface area contributed by atoms with Gasteiger partial charge >= 0.3 is 0 Å². The number of nitrogen functional groups attached to an aromatic ring is 1. The molecule has 0 saturated carbocycles. The van der Waals surface area contributed by atoms with Gasteiger partial charge in [-0.25, -0.2) is 15.0 Å². The number of hydrogen-bond acceptors (Lipinski definition) is 9. The predicted molar refractivity (Wildman–Crippen MR) is 73.4 cm³/mol. The molecule has 0 aromatic carbocycles. The first-order chi connectivity index (χ1) is 10.5. The van der Waals surface area contributed by atoms with Crippen LogP contribution in [0.5, 0.6) is 0 Å². The number of methoxy groups -OCH3 is 1. The third kappa shape index (κ3) is 2.13. The summed E-state index contributed by atoms with van der Waals surface area (Å²) in [4.78, 5) is 11.9. The summed E-state index contributed by atoms with van der Waals surface area (Å²) in [5.74, 6) is -0.148. The van der Waals surface area contributed by atoms with Gasteiger partial charge in [0.15, 0.2) is 23.5 Å². The highest BCUT2D eigenvalue weighted by atomic mass is 16.6. The maximum Gasteiger partial charge on any atom is 0.167 e. The van der Waals surface area contributed by atoms with E-state index in [1.165, 1.54) is 24.3 Å². The van der Waals surface area contributed by atoms with E-state index in [0.717, 1.165) is 6.26 Å².